The average Bonchev–Trinajstić information content (AvgIpc) is 2.81. The standard InChI is InChI=1S/C24H30N4O5/c1-5-18-8-6-7-9-19(18)27-22(29)15-33-20-11-10-17(12-21(20)32-4)14-26-28-24(31)23(30)25-13-16(2)3/h6-12,14,16H,5,13,15H2,1-4H3,(H,25,30)(H,27,29)(H,28,31)/b26-14-. The highest BCUT2D eigenvalue weighted by molar-refractivity contribution is 6.35. The Hall–Kier alpha value is -3.88. The van der Waals surface area contributed by atoms with Crippen LogP contribution in [0, 0.1) is 5.92 Å². The van der Waals surface area contributed by atoms with E-state index in [-0.39, 0.29) is 18.4 Å². The minimum Gasteiger partial charge on any atom is -0.493 e. The first-order valence-corrected chi connectivity index (χ1v) is 10.6. The van der Waals surface area contributed by atoms with Crippen molar-refractivity contribution in [2.75, 3.05) is 25.6 Å². The average molecular weight is 455 g/mol. The number of methoxy groups -OCH3 is 1. The predicted molar refractivity (Wildman–Crippen MR) is 127 cm³/mol. The summed E-state index contributed by atoms with van der Waals surface area (Å²) in [5, 5.41) is 9.14. The van der Waals surface area contributed by atoms with Crippen molar-refractivity contribution >= 4 is 29.6 Å². The molecule has 0 aliphatic rings. The molecule has 9 heteroatoms. The number of ether oxygens (including phenoxy) is 2. The second-order valence-corrected chi connectivity index (χ2v) is 7.56. The van der Waals surface area contributed by atoms with E-state index in [0.717, 1.165) is 17.7 Å². The number of rotatable bonds is 10. The molecular weight excluding hydrogens is 424 g/mol. The van der Waals surface area contributed by atoms with Gasteiger partial charge in [0, 0.05) is 12.2 Å². The molecule has 3 N–H and O–H groups in total. The lowest BCUT2D eigenvalue weighted by molar-refractivity contribution is -0.139. The number of nitrogens with zero attached hydrogens (tertiary/aromatic N) is 1. The summed E-state index contributed by atoms with van der Waals surface area (Å²) in [6.07, 6.45) is 2.17. The molecule has 0 saturated carbocycles. The first-order chi connectivity index (χ1) is 15.8. The molecule has 0 spiro atoms. The number of hydrogen-bond acceptors (Lipinski definition) is 6. The van der Waals surface area contributed by atoms with E-state index < -0.39 is 11.8 Å². The van der Waals surface area contributed by atoms with Crippen LogP contribution >= 0.6 is 0 Å². The number of nitrogens with one attached hydrogen (secondary N) is 3. The van der Waals surface area contributed by atoms with Gasteiger partial charge in [-0.25, -0.2) is 5.43 Å². The summed E-state index contributed by atoms with van der Waals surface area (Å²) in [5.74, 6) is -0.886. The zero-order valence-electron chi connectivity index (χ0n) is 19.3. The van der Waals surface area contributed by atoms with Gasteiger partial charge in [-0.2, -0.15) is 5.10 Å². The van der Waals surface area contributed by atoms with Gasteiger partial charge in [0.25, 0.3) is 5.91 Å². The molecule has 0 saturated heterocycles. The zero-order chi connectivity index (χ0) is 24.2. The Morgan fingerprint density at radius 1 is 1.06 bits per heavy atom. The second kappa shape index (κ2) is 12.8. The lowest BCUT2D eigenvalue weighted by Crippen LogP contribution is -2.39. The lowest BCUT2D eigenvalue weighted by atomic mass is 10.1. The molecule has 0 radical (unpaired) electrons. The molecule has 3 amide bonds. The highest BCUT2D eigenvalue weighted by atomic mass is 16.5. The summed E-state index contributed by atoms with van der Waals surface area (Å²) in [4.78, 5) is 35.7. The Balaban J connectivity index is 1.92. The van der Waals surface area contributed by atoms with Gasteiger partial charge in [0.2, 0.25) is 0 Å². The van der Waals surface area contributed by atoms with Crippen LogP contribution < -0.4 is 25.5 Å². The van der Waals surface area contributed by atoms with Crippen molar-refractivity contribution < 1.29 is 23.9 Å². The Bertz CT molecular complexity index is 1000. The normalized spacial score (nSPS) is 10.7. The van der Waals surface area contributed by atoms with Crippen LogP contribution in [-0.4, -0.2) is 44.2 Å². The van der Waals surface area contributed by atoms with Crippen LogP contribution in [0.25, 0.3) is 0 Å². The second-order valence-electron chi connectivity index (χ2n) is 7.56. The van der Waals surface area contributed by atoms with E-state index in [4.69, 9.17) is 9.47 Å². The molecule has 33 heavy (non-hydrogen) atoms. The maximum atomic E-state index is 12.3. The van der Waals surface area contributed by atoms with Crippen LogP contribution in [-0.2, 0) is 20.8 Å². The maximum Gasteiger partial charge on any atom is 0.329 e. The topological polar surface area (TPSA) is 118 Å². The fourth-order valence-corrected chi connectivity index (χ4v) is 2.76. The van der Waals surface area contributed by atoms with Crippen molar-refractivity contribution in [2.24, 2.45) is 11.0 Å². The number of aryl methyl sites for hydroxylation is 1. The molecule has 0 fully saturated rings. The van der Waals surface area contributed by atoms with Crippen molar-refractivity contribution in [3.05, 3.63) is 53.6 Å². The fraction of sp³-hybridized carbons (Fsp3) is 0.333. The van der Waals surface area contributed by atoms with Gasteiger partial charge in [0.1, 0.15) is 0 Å². The van der Waals surface area contributed by atoms with Gasteiger partial charge in [-0.1, -0.05) is 39.0 Å². The largest absolute Gasteiger partial charge is 0.493 e. The van der Waals surface area contributed by atoms with Crippen molar-refractivity contribution in [1.29, 1.82) is 0 Å². The van der Waals surface area contributed by atoms with E-state index in [1.54, 1.807) is 18.2 Å². The van der Waals surface area contributed by atoms with E-state index in [1.807, 2.05) is 45.0 Å². The molecule has 0 aliphatic carbocycles. The minimum atomic E-state index is -0.852. The van der Waals surface area contributed by atoms with Gasteiger partial charge < -0.3 is 20.1 Å². The number of amides is 3. The van der Waals surface area contributed by atoms with Crippen molar-refractivity contribution in [2.45, 2.75) is 27.2 Å². The SMILES string of the molecule is CCc1ccccc1NC(=O)COc1ccc(/C=N\NC(=O)C(=O)NCC(C)C)cc1OC. The third-order valence-electron chi connectivity index (χ3n) is 4.48. The summed E-state index contributed by atoms with van der Waals surface area (Å²) in [5.41, 5.74) is 4.57. The molecule has 0 aromatic heterocycles. The molecule has 9 nitrogen and oxygen atoms in total. The summed E-state index contributed by atoms with van der Waals surface area (Å²) < 4.78 is 10.9. The Morgan fingerprint density at radius 3 is 2.52 bits per heavy atom. The van der Waals surface area contributed by atoms with Crippen LogP contribution in [0.3, 0.4) is 0 Å². The van der Waals surface area contributed by atoms with E-state index in [1.165, 1.54) is 13.3 Å². The maximum absolute atomic E-state index is 12.3. The van der Waals surface area contributed by atoms with Crippen LogP contribution in [0.1, 0.15) is 31.9 Å². The Labute approximate surface area is 193 Å². The van der Waals surface area contributed by atoms with Gasteiger partial charge in [0.05, 0.1) is 13.3 Å². The Kier molecular flexibility index (Phi) is 9.88. The van der Waals surface area contributed by atoms with E-state index >= 15 is 0 Å². The number of anilines is 1. The molecule has 2 aromatic rings. The van der Waals surface area contributed by atoms with Crippen LogP contribution in [0.2, 0.25) is 0 Å². The Morgan fingerprint density at radius 2 is 1.82 bits per heavy atom. The summed E-state index contributed by atoms with van der Waals surface area (Å²) in [6, 6.07) is 12.5. The van der Waals surface area contributed by atoms with Crippen LogP contribution in [0.5, 0.6) is 11.5 Å². The number of para-hydroxylation sites is 1. The summed E-state index contributed by atoms with van der Waals surface area (Å²) >= 11 is 0. The van der Waals surface area contributed by atoms with Gasteiger partial charge in [0.15, 0.2) is 18.1 Å². The highest BCUT2D eigenvalue weighted by Crippen LogP contribution is 2.27. The highest BCUT2D eigenvalue weighted by Gasteiger charge is 2.13. The van der Waals surface area contributed by atoms with E-state index in [0.29, 0.717) is 23.6 Å². The van der Waals surface area contributed by atoms with Gasteiger partial charge in [-0.05, 0) is 47.7 Å². The van der Waals surface area contributed by atoms with Crippen molar-refractivity contribution in [3.63, 3.8) is 0 Å². The smallest absolute Gasteiger partial charge is 0.329 e. The van der Waals surface area contributed by atoms with Crippen LogP contribution in [0.15, 0.2) is 47.6 Å². The molecule has 0 heterocycles. The number of carbonyl (C=O) groups excluding carboxylic acids is 3. The van der Waals surface area contributed by atoms with Crippen molar-refractivity contribution in [1.82, 2.24) is 10.7 Å². The molecule has 2 rings (SSSR count). The molecule has 0 bridgehead atoms. The van der Waals surface area contributed by atoms with E-state index in [9.17, 15) is 14.4 Å². The monoisotopic (exact) mass is 454 g/mol. The summed E-state index contributed by atoms with van der Waals surface area (Å²) in [7, 11) is 1.47. The minimum absolute atomic E-state index is 0.191. The molecule has 0 aliphatic heterocycles. The quantitative estimate of drug-likeness (QED) is 0.290. The van der Waals surface area contributed by atoms with E-state index in [2.05, 4.69) is 21.2 Å². The van der Waals surface area contributed by atoms with Crippen molar-refractivity contribution in [3.8, 4) is 11.5 Å². The number of benzene rings is 2. The van der Waals surface area contributed by atoms with Gasteiger partial charge >= 0.3 is 11.8 Å². The number of carbonyl (C=O) groups is 3. The first kappa shape index (κ1) is 25.4. The molecular formula is C24H30N4O5. The first-order valence-electron chi connectivity index (χ1n) is 10.6. The lowest BCUT2D eigenvalue weighted by Gasteiger charge is -2.13. The zero-order valence-corrected chi connectivity index (χ0v) is 19.3. The molecule has 0 atom stereocenters. The van der Waals surface area contributed by atoms with Gasteiger partial charge in [-0.15, -0.1) is 0 Å². The third kappa shape index (κ3) is 8.29. The predicted octanol–water partition coefficient (Wildman–Crippen LogP) is 2.50. The molecule has 176 valence electrons. The molecule has 0 unspecified atom stereocenters. The van der Waals surface area contributed by atoms with Crippen LogP contribution in [0.4, 0.5) is 5.69 Å². The van der Waals surface area contributed by atoms with Gasteiger partial charge in [-0.3, -0.25) is 14.4 Å². The molecule has 2 aromatic carbocycles. The number of hydrazone groups is 1. The third-order valence-corrected chi connectivity index (χ3v) is 4.48. The number of hydrogen-bond donors (Lipinski definition) is 3. The fourth-order valence-electron chi connectivity index (χ4n) is 2.76. The summed E-state index contributed by atoms with van der Waals surface area (Å²) in [6.45, 7) is 6.08.